The summed E-state index contributed by atoms with van der Waals surface area (Å²) in [4.78, 5) is 11.0. The number of hydrogen-bond acceptors (Lipinski definition) is 4. The highest BCUT2D eigenvalue weighted by Crippen LogP contribution is 2.23. The van der Waals surface area contributed by atoms with E-state index in [1.165, 1.54) is 12.1 Å². The van der Waals surface area contributed by atoms with Crippen molar-refractivity contribution in [1.29, 1.82) is 0 Å². The Labute approximate surface area is 196 Å². The summed E-state index contributed by atoms with van der Waals surface area (Å²) in [5.74, 6) is 1.21. The molecule has 0 fully saturated rings. The third-order valence-electron chi connectivity index (χ3n) is 4.52. The highest BCUT2D eigenvalue weighted by atomic mass is 127. The van der Waals surface area contributed by atoms with Crippen molar-refractivity contribution in [2.75, 3.05) is 20.1 Å². The van der Waals surface area contributed by atoms with Gasteiger partial charge in [0, 0.05) is 56.6 Å². The molecular formula is C22H33FIN5O. The zero-order valence-corrected chi connectivity index (χ0v) is 20.7. The van der Waals surface area contributed by atoms with Crippen LogP contribution < -0.4 is 15.4 Å². The van der Waals surface area contributed by atoms with E-state index in [0.29, 0.717) is 36.2 Å². The smallest absolute Gasteiger partial charge is 0.224 e. The lowest BCUT2D eigenvalue weighted by molar-refractivity contribution is 0.178. The van der Waals surface area contributed by atoms with Crippen LogP contribution in [0.2, 0.25) is 0 Å². The van der Waals surface area contributed by atoms with Crippen LogP contribution in [0.15, 0.2) is 47.6 Å². The van der Waals surface area contributed by atoms with Gasteiger partial charge in [-0.25, -0.2) is 9.37 Å². The van der Waals surface area contributed by atoms with Gasteiger partial charge in [-0.05, 0) is 45.9 Å². The molecular weight excluding hydrogens is 496 g/mol. The molecule has 0 amide bonds. The predicted molar refractivity (Wildman–Crippen MR) is 131 cm³/mol. The van der Waals surface area contributed by atoms with Crippen LogP contribution in [0.1, 0.15) is 33.3 Å². The monoisotopic (exact) mass is 529 g/mol. The van der Waals surface area contributed by atoms with E-state index in [4.69, 9.17) is 4.74 Å². The van der Waals surface area contributed by atoms with Gasteiger partial charge in [0.25, 0.3) is 0 Å². The summed E-state index contributed by atoms with van der Waals surface area (Å²) in [6.07, 6.45) is 1.65. The lowest BCUT2D eigenvalue weighted by atomic mass is 10.2. The van der Waals surface area contributed by atoms with Gasteiger partial charge < -0.3 is 15.4 Å². The normalized spacial score (nSPS) is 11.6. The van der Waals surface area contributed by atoms with Crippen molar-refractivity contribution in [1.82, 2.24) is 20.5 Å². The standard InChI is InChI=1S/C22H32FN5O.HI/c1-16(2)28(17(3)4)13-12-26-22(24-5)27-15-18-8-7-11-25-21(18)29-20-10-6-9-19(23)14-20;/h6-11,14,16-17H,12-13,15H2,1-5H3,(H2,24,26,27);1H. The Bertz CT molecular complexity index is 793. The van der Waals surface area contributed by atoms with E-state index < -0.39 is 0 Å². The molecule has 8 heteroatoms. The van der Waals surface area contributed by atoms with E-state index >= 15 is 0 Å². The Kier molecular flexibility index (Phi) is 11.6. The maximum absolute atomic E-state index is 13.4. The van der Waals surface area contributed by atoms with Crippen LogP contribution in [0.5, 0.6) is 11.6 Å². The Morgan fingerprint density at radius 1 is 1.13 bits per heavy atom. The zero-order valence-electron chi connectivity index (χ0n) is 18.4. The number of nitrogens with one attached hydrogen (secondary N) is 2. The summed E-state index contributed by atoms with van der Waals surface area (Å²) >= 11 is 0. The first-order valence-corrected chi connectivity index (χ1v) is 9.98. The molecule has 0 spiro atoms. The maximum Gasteiger partial charge on any atom is 0.224 e. The van der Waals surface area contributed by atoms with E-state index in [0.717, 1.165) is 18.7 Å². The minimum Gasteiger partial charge on any atom is -0.439 e. The van der Waals surface area contributed by atoms with Crippen LogP contribution in [0, 0.1) is 5.82 Å². The van der Waals surface area contributed by atoms with Crippen molar-refractivity contribution in [3.05, 3.63) is 54.0 Å². The summed E-state index contributed by atoms with van der Waals surface area (Å²) in [6.45, 7) is 11.0. The fraction of sp³-hybridized carbons (Fsp3) is 0.455. The summed E-state index contributed by atoms with van der Waals surface area (Å²) in [7, 11) is 1.74. The molecule has 0 aliphatic heterocycles. The van der Waals surface area contributed by atoms with E-state index in [1.54, 1.807) is 25.4 Å². The first kappa shape index (κ1) is 26.1. The molecule has 0 saturated heterocycles. The van der Waals surface area contributed by atoms with Crippen molar-refractivity contribution in [2.45, 2.75) is 46.3 Å². The largest absolute Gasteiger partial charge is 0.439 e. The molecule has 0 aliphatic carbocycles. The van der Waals surface area contributed by atoms with Gasteiger partial charge in [0.15, 0.2) is 5.96 Å². The fourth-order valence-electron chi connectivity index (χ4n) is 3.11. The van der Waals surface area contributed by atoms with Crippen LogP contribution in [-0.4, -0.2) is 48.1 Å². The highest BCUT2D eigenvalue weighted by molar-refractivity contribution is 14.0. The molecule has 0 radical (unpaired) electrons. The Hall–Kier alpha value is -1.94. The van der Waals surface area contributed by atoms with E-state index in [-0.39, 0.29) is 29.8 Å². The lowest BCUT2D eigenvalue weighted by Gasteiger charge is -2.30. The maximum atomic E-state index is 13.4. The van der Waals surface area contributed by atoms with Crippen molar-refractivity contribution >= 4 is 29.9 Å². The average Bonchev–Trinajstić information content (AvgIpc) is 2.68. The molecule has 2 N–H and O–H groups in total. The van der Waals surface area contributed by atoms with Gasteiger partial charge >= 0.3 is 0 Å². The SMILES string of the molecule is CN=C(NCCN(C(C)C)C(C)C)NCc1cccnc1Oc1cccc(F)c1.I. The van der Waals surface area contributed by atoms with E-state index in [9.17, 15) is 4.39 Å². The molecule has 2 rings (SSSR count). The van der Waals surface area contributed by atoms with Crippen molar-refractivity contribution in [2.24, 2.45) is 4.99 Å². The van der Waals surface area contributed by atoms with Crippen LogP contribution in [0.25, 0.3) is 0 Å². The third kappa shape index (κ3) is 8.43. The topological polar surface area (TPSA) is 61.8 Å². The molecule has 2 aromatic rings. The van der Waals surface area contributed by atoms with Gasteiger partial charge in [-0.1, -0.05) is 12.1 Å². The van der Waals surface area contributed by atoms with Crippen molar-refractivity contribution < 1.29 is 9.13 Å². The molecule has 0 unspecified atom stereocenters. The first-order chi connectivity index (χ1) is 13.9. The van der Waals surface area contributed by atoms with Gasteiger partial charge in [0.05, 0.1) is 0 Å². The first-order valence-electron chi connectivity index (χ1n) is 9.98. The molecule has 1 heterocycles. The second-order valence-corrected chi connectivity index (χ2v) is 7.30. The summed E-state index contributed by atoms with van der Waals surface area (Å²) in [6, 6.07) is 10.8. The Morgan fingerprint density at radius 3 is 2.50 bits per heavy atom. The molecule has 0 saturated carbocycles. The number of pyridine rings is 1. The molecule has 166 valence electrons. The minimum absolute atomic E-state index is 0. The number of guanidine groups is 1. The number of benzene rings is 1. The van der Waals surface area contributed by atoms with Gasteiger partial charge in [0.2, 0.25) is 5.88 Å². The quantitative estimate of drug-likeness (QED) is 0.286. The molecule has 1 aromatic heterocycles. The summed E-state index contributed by atoms with van der Waals surface area (Å²) in [5, 5.41) is 6.62. The van der Waals surface area contributed by atoms with Crippen LogP contribution in [0.4, 0.5) is 4.39 Å². The molecule has 1 aromatic carbocycles. The number of ether oxygens (including phenoxy) is 1. The Morgan fingerprint density at radius 2 is 1.87 bits per heavy atom. The van der Waals surface area contributed by atoms with Crippen molar-refractivity contribution in [3.63, 3.8) is 0 Å². The van der Waals surface area contributed by atoms with E-state index in [1.807, 2.05) is 12.1 Å². The molecule has 0 atom stereocenters. The second-order valence-electron chi connectivity index (χ2n) is 7.30. The number of rotatable bonds is 9. The van der Waals surface area contributed by atoms with Crippen molar-refractivity contribution in [3.8, 4) is 11.6 Å². The molecule has 6 nitrogen and oxygen atoms in total. The van der Waals surface area contributed by atoms with Gasteiger partial charge in [-0.2, -0.15) is 0 Å². The number of aromatic nitrogens is 1. The zero-order chi connectivity index (χ0) is 21.2. The number of halogens is 2. The number of aliphatic imine (C=N–C) groups is 1. The van der Waals surface area contributed by atoms with E-state index in [2.05, 4.69) is 53.2 Å². The van der Waals surface area contributed by atoms with Crippen LogP contribution >= 0.6 is 24.0 Å². The van der Waals surface area contributed by atoms with Crippen LogP contribution in [0.3, 0.4) is 0 Å². The summed E-state index contributed by atoms with van der Waals surface area (Å²) in [5.41, 5.74) is 0.852. The summed E-state index contributed by atoms with van der Waals surface area (Å²) < 4.78 is 19.2. The minimum atomic E-state index is -0.348. The predicted octanol–water partition coefficient (Wildman–Crippen LogP) is 4.41. The van der Waals surface area contributed by atoms with Gasteiger partial charge in [0.1, 0.15) is 11.6 Å². The van der Waals surface area contributed by atoms with Gasteiger partial charge in [-0.3, -0.25) is 9.89 Å². The average molecular weight is 529 g/mol. The lowest BCUT2D eigenvalue weighted by Crippen LogP contribution is -2.45. The number of nitrogens with zero attached hydrogens (tertiary/aromatic N) is 3. The Balaban J connectivity index is 0.00000450. The molecule has 0 aliphatic rings. The second kappa shape index (κ2) is 13.4. The van der Waals surface area contributed by atoms with Crippen LogP contribution in [-0.2, 0) is 6.54 Å². The molecule has 0 bridgehead atoms. The molecule has 30 heavy (non-hydrogen) atoms. The van der Waals surface area contributed by atoms with Gasteiger partial charge in [-0.15, -0.1) is 24.0 Å². The number of hydrogen-bond donors (Lipinski definition) is 2. The highest BCUT2D eigenvalue weighted by Gasteiger charge is 2.13. The third-order valence-corrected chi connectivity index (χ3v) is 4.52. The fourth-order valence-corrected chi connectivity index (χ4v) is 3.11.